The van der Waals surface area contributed by atoms with Crippen LogP contribution in [-0.4, -0.2) is 4.98 Å². The molecule has 2 heterocycles. The van der Waals surface area contributed by atoms with Crippen LogP contribution in [-0.2, 0) is 5.41 Å². The van der Waals surface area contributed by atoms with E-state index in [2.05, 4.69) is 24.0 Å². The maximum atomic E-state index is 6.03. The summed E-state index contributed by atoms with van der Waals surface area (Å²) < 4.78 is 11.9. The number of aromatic nitrogens is 1. The van der Waals surface area contributed by atoms with Crippen molar-refractivity contribution in [2.45, 2.75) is 19.3 Å². The first-order chi connectivity index (χ1) is 10.2. The Hall–Kier alpha value is -2.55. The van der Waals surface area contributed by atoms with Gasteiger partial charge in [-0.3, -0.25) is 0 Å². The Labute approximate surface area is 123 Å². The number of para-hydroxylation sites is 2. The third kappa shape index (κ3) is 1.64. The monoisotopic (exact) mass is 277 g/mol. The Balaban J connectivity index is 2.06. The highest BCUT2D eigenvalue weighted by atomic mass is 16.5. The zero-order chi connectivity index (χ0) is 14.4. The molecule has 0 N–H and O–H groups in total. The van der Waals surface area contributed by atoms with Crippen LogP contribution >= 0.6 is 0 Å². The van der Waals surface area contributed by atoms with Crippen molar-refractivity contribution in [2.24, 2.45) is 0 Å². The minimum Gasteiger partial charge on any atom is -0.457 e. The maximum absolute atomic E-state index is 6.03. The van der Waals surface area contributed by atoms with E-state index in [1.807, 2.05) is 43.3 Å². The Bertz CT molecular complexity index is 774. The van der Waals surface area contributed by atoms with Gasteiger partial charge in [0.1, 0.15) is 22.7 Å². The van der Waals surface area contributed by atoms with Gasteiger partial charge in [-0.1, -0.05) is 36.4 Å². The first-order valence-electron chi connectivity index (χ1n) is 6.99. The second-order valence-corrected chi connectivity index (χ2v) is 5.50. The summed E-state index contributed by atoms with van der Waals surface area (Å²) in [7, 11) is 0. The largest absolute Gasteiger partial charge is 0.457 e. The zero-order valence-corrected chi connectivity index (χ0v) is 12.0. The number of rotatable bonds is 1. The molecule has 0 saturated carbocycles. The van der Waals surface area contributed by atoms with Crippen LogP contribution in [0.4, 0.5) is 0 Å². The summed E-state index contributed by atoms with van der Waals surface area (Å²) in [6.07, 6.45) is 1.77. The van der Waals surface area contributed by atoms with E-state index >= 15 is 0 Å². The zero-order valence-electron chi connectivity index (χ0n) is 12.0. The average Bonchev–Trinajstić information content (AvgIpc) is 2.95. The second kappa shape index (κ2) is 4.22. The molecule has 21 heavy (non-hydrogen) atoms. The standard InChI is InChI=1S/C18H15NO2/c1-12-11-19-17(20-12)18(2)13-7-3-5-9-15(13)21-16-10-6-4-8-14(16)18/h3-11H,1-2H3. The fourth-order valence-corrected chi connectivity index (χ4v) is 3.02. The molecule has 0 unspecified atom stereocenters. The molecule has 2 aromatic carbocycles. The topological polar surface area (TPSA) is 35.3 Å². The van der Waals surface area contributed by atoms with E-state index in [4.69, 9.17) is 9.15 Å². The minimum atomic E-state index is -0.445. The van der Waals surface area contributed by atoms with Crippen molar-refractivity contribution in [3.63, 3.8) is 0 Å². The molecular formula is C18H15NO2. The smallest absolute Gasteiger partial charge is 0.209 e. The van der Waals surface area contributed by atoms with Crippen LogP contribution in [0.5, 0.6) is 11.5 Å². The normalized spacial score (nSPS) is 15.0. The maximum Gasteiger partial charge on any atom is 0.209 e. The van der Waals surface area contributed by atoms with Gasteiger partial charge in [0, 0.05) is 11.1 Å². The summed E-state index contributed by atoms with van der Waals surface area (Å²) in [5.74, 6) is 3.22. The first kappa shape index (κ1) is 12.2. The molecular weight excluding hydrogens is 262 g/mol. The predicted molar refractivity (Wildman–Crippen MR) is 79.8 cm³/mol. The lowest BCUT2D eigenvalue weighted by Gasteiger charge is -2.34. The molecule has 0 aliphatic carbocycles. The first-order valence-corrected chi connectivity index (χ1v) is 6.99. The molecule has 3 nitrogen and oxygen atoms in total. The molecule has 3 aromatic rings. The summed E-state index contributed by atoms with van der Waals surface area (Å²) in [6.45, 7) is 4.05. The van der Waals surface area contributed by atoms with E-state index in [9.17, 15) is 0 Å². The minimum absolute atomic E-state index is 0.445. The van der Waals surface area contributed by atoms with E-state index in [1.165, 1.54) is 0 Å². The van der Waals surface area contributed by atoms with Crippen molar-refractivity contribution in [3.8, 4) is 11.5 Å². The van der Waals surface area contributed by atoms with Crippen LogP contribution < -0.4 is 4.74 Å². The van der Waals surface area contributed by atoms with Crippen LogP contribution in [0.1, 0.15) is 29.7 Å². The number of benzene rings is 2. The van der Waals surface area contributed by atoms with E-state index < -0.39 is 5.41 Å². The van der Waals surface area contributed by atoms with Crippen molar-refractivity contribution < 1.29 is 9.15 Å². The van der Waals surface area contributed by atoms with Gasteiger partial charge in [-0.05, 0) is 26.0 Å². The number of fused-ring (bicyclic) bond motifs is 2. The number of ether oxygens (including phenoxy) is 1. The molecule has 1 aromatic heterocycles. The lowest BCUT2D eigenvalue weighted by atomic mass is 9.74. The Morgan fingerprint density at radius 1 is 0.905 bits per heavy atom. The molecule has 0 atom stereocenters. The van der Waals surface area contributed by atoms with Gasteiger partial charge in [-0.25, -0.2) is 4.98 Å². The Morgan fingerprint density at radius 2 is 1.48 bits per heavy atom. The van der Waals surface area contributed by atoms with E-state index in [0.717, 1.165) is 28.4 Å². The molecule has 0 amide bonds. The predicted octanol–water partition coefficient (Wildman–Crippen LogP) is 4.44. The lowest BCUT2D eigenvalue weighted by molar-refractivity contribution is 0.370. The van der Waals surface area contributed by atoms with Crippen LogP contribution in [0.25, 0.3) is 0 Å². The second-order valence-electron chi connectivity index (χ2n) is 5.50. The summed E-state index contributed by atoms with van der Waals surface area (Å²) in [5.41, 5.74) is 1.70. The number of oxazole rings is 1. The van der Waals surface area contributed by atoms with Crippen LogP contribution in [0.3, 0.4) is 0 Å². The average molecular weight is 277 g/mol. The molecule has 4 rings (SSSR count). The summed E-state index contributed by atoms with van der Waals surface area (Å²) >= 11 is 0. The molecule has 0 spiro atoms. The van der Waals surface area contributed by atoms with Gasteiger partial charge in [-0.15, -0.1) is 0 Å². The van der Waals surface area contributed by atoms with Gasteiger partial charge in [0.2, 0.25) is 5.89 Å². The molecule has 3 heteroatoms. The van der Waals surface area contributed by atoms with Crippen molar-refractivity contribution in [3.05, 3.63) is 77.5 Å². The number of nitrogens with zero attached hydrogens (tertiary/aromatic N) is 1. The molecule has 104 valence electrons. The van der Waals surface area contributed by atoms with E-state index in [0.29, 0.717) is 5.89 Å². The highest BCUT2D eigenvalue weighted by molar-refractivity contribution is 5.60. The van der Waals surface area contributed by atoms with Crippen LogP contribution in [0.2, 0.25) is 0 Å². The van der Waals surface area contributed by atoms with Gasteiger partial charge in [0.05, 0.1) is 6.20 Å². The molecule has 0 fully saturated rings. The quantitative estimate of drug-likeness (QED) is 0.659. The Morgan fingerprint density at radius 3 is 2.00 bits per heavy atom. The van der Waals surface area contributed by atoms with E-state index in [1.54, 1.807) is 6.20 Å². The molecule has 0 radical (unpaired) electrons. The number of hydrogen-bond acceptors (Lipinski definition) is 3. The molecule has 0 saturated heterocycles. The molecule has 0 bridgehead atoms. The number of hydrogen-bond donors (Lipinski definition) is 0. The van der Waals surface area contributed by atoms with Crippen molar-refractivity contribution in [2.75, 3.05) is 0 Å². The third-order valence-electron chi connectivity index (χ3n) is 4.12. The van der Waals surface area contributed by atoms with Crippen molar-refractivity contribution in [1.82, 2.24) is 4.98 Å². The van der Waals surface area contributed by atoms with Gasteiger partial charge in [-0.2, -0.15) is 0 Å². The lowest BCUT2D eigenvalue weighted by Crippen LogP contribution is -2.29. The summed E-state index contributed by atoms with van der Waals surface area (Å²) in [5, 5.41) is 0. The highest BCUT2D eigenvalue weighted by Gasteiger charge is 2.43. The highest BCUT2D eigenvalue weighted by Crippen LogP contribution is 2.50. The van der Waals surface area contributed by atoms with Crippen molar-refractivity contribution in [1.29, 1.82) is 0 Å². The van der Waals surface area contributed by atoms with Gasteiger partial charge >= 0.3 is 0 Å². The number of aryl methyl sites for hydroxylation is 1. The SMILES string of the molecule is Cc1cnc(C2(C)c3ccccc3Oc3ccccc32)o1. The van der Waals surface area contributed by atoms with Gasteiger partial charge in [0.25, 0.3) is 0 Å². The fraction of sp³-hybridized carbons (Fsp3) is 0.167. The van der Waals surface area contributed by atoms with E-state index in [-0.39, 0.29) is 0 Å². The molecule has 1 aliphatic heterocycles. The Kier molecular flexibility index (Phi) is 2.45. The van der Waals surface area contributed by atoms with Crippen LogP contribution in [0, 0.1) is 6.92 Å². The fourth-order valence-electron chi connectivity index (χ4n) is 3.02. The summed E-state index contributed by atoms with van der Waals surface area (Å²) in [4.78, 5) is 4.49. The van der Waals surface area contributed by atoms with Crippen molar-refractivity contribution >= 4 is 0 Å². The van der Waals surface area contributed by atoms with Gasteiger partial charge in [0.15, 0.2) is 0 Å². The van der Waals surface area contributed by atoms with Crippen LogP contribution in [0.15, 0.2) is 59.1 Å². The van der Waals surface area contributed by atoms with Gasteiger partial charge < -0.3 is 9.15 Å². The molecule has 1 aliphatic rings. The third-order valence-corrected chi connectivity index (χ3v) is 4.12. The summed E-state index contributed by atoms with van der Waals surface area (Å²) in [6, 6.07) is 16.1.